The first-order chi connectivity index (χ1) is 19.3. The van der Waals surface area contributed by atoms with Crippen LogP contribution in [0.3, 0.4) is 0 Å². The average molecular weight is 563 g/mol. The Bertz CT molecular complexity index is 1440. The maximum atomic E-state index is 13.6. The number of likely N-dealkylation sites (tertiary alicyclic amines) is 1. The number of nitrogens with zero attached hydrogens (tertiary/aromatic N) is 2. The highest BCUT2D eigenvalue weighted by molar-refractivity contribution is 7.98. The highest BCUT2D eigenvalue weighted by Crippen LogP contribution is 2.40. The summed E-state index contributed by atoms with van der Waals surface area (Å²) in [5, 5.41) is 4.04. The third-order valence-corrected chi connectivity index (χ3v) is 10.2. The number of pyridine rings is 1. The number of aromatic nitrogens is 2. The fourth-order valence-corrected chi connectivity index (χ4v) is 7.69. The minimum atomic E-state index is -0.141. The van der Waals surface area contributed by atoms with Crippen molar-refractivity contribution in [1.82, 2.24) is 19.8 Å². The Hall–Kier alpha value is -2.55. The largest absolute Gasteiger partial charge is 0.372 e. The van der Waals surface area contributed by atoms with Crippen molar-refractivity contribution in [1.29, 1.82) is 0 Å². The van der Waals surface area contributed by atoms with E-state index in [0.29, 0.717) is 41.3 Å². The Balaban J connectivity index is 1.16. The van der Waals surface area contributed by atoms with Crippen molar-refractivity contribution in [3.05, 3.63) is 63.2 Å². The van der Waals surface area contributed by atoms with E-state index in [1.165, 1.54) is 50.3 Å². The number of aromatic amines is 1. The lowest BCUT2D eigenvalue weighted by atomic mass is 9.80. The number of carbonyl (C=O) groups is 1. The Labute approximate surface area is 241 Å². The van der Waals surface area contributed by atoms with Crippen molar-refractivity contribution in [2.24, 2.45) is 5.92 Å². The van der Waals surface area contributed by atoms with E-state index in [-0.39, 0.29) is 18.0 Å². The smallest absolute Gasteiger partial charge is 0.254 e. The van der Waals surface area contributed by atoms with E-state index in [9.17, 15) is 9.59 Å². The molecule has 2 aromatic heterocycles. The normalized spacial score (nSPS) is 22.8. The first-order valence-corrected chi connectivity index (χ1v) is 16.1. The molecule has 1 aliphatic heterocycles. The number of rotatable bonds is 9. The van der Waals surface area contributed by atoms with E-state index in [1.807, 2.05) is 31.4 Å². The molecule has 0 unspecified atom stereocenters. The summed E-state index contributed by atoms with van der Waals surface area (Å²) in [6.07, 6.45) is 10.3. The van der Waals surface area contributed by atoms with Crippen molar-refractivity contribution in [3.8, 4) is 0 Å². The molecule has 0 spiro atoms. The summed E-state index contributed by atoms with van der Waals surface area (Å²) in [6, 6.07) is 11.2. The van der Waals surface area contributed by atoms with Gasteiger partial charge in [0.25, 0.3) is 11.5 Å². The van der Waals surface area contributed by atoms with Gasteiger partial charge in [0.15, 0.2) is 0 Å². The molecule has 8 heteroatoms. The van der Waals surface area contributed by atoms with Gasteiger partial charge in [0.2, 0.25) is 0 Å². The fourth-order valence-electron chi connectivity index (χ4n) is 6.99. The first-order valence-electron chi connectivity index (χ1n) is 14.9. The molecule has 1 aromatic carbocycles. The van der Waals surface area contributed by atoms with E-state index >= 15 is 0 Å². The Morgan fingerprint density at radius 3 is 2.52 bits per heavy atom. The maximum Gasteiger partial charge on any atom is 0.254 e. The number of aryl methyl sites for hydroxylation is 1. The standard InChI is InChI=1S/C32H42N4O3S/c1-19-15-29(40-4)27(31(37)34-19)16-33-32(38)30-21(3)36(28-8-6-5-7-26(28)30)20(2)22-9-11-23(12-10-22)35-17-25(18-35)39-24-13-14-24/h5-8,15,20,22-25H,9-14,16-18H2,1-4H3,(H,33,38)(H,34,37)/t20-,22?,23?/m1/s1. The number of carbonyl (C=O) groups excluding carboxylic acids is 1. The molecular formula is C32H42N4O3S. The van der Waals surface area contributed by atoms with Crippen LogP contribution in [0.2, 0.25) is 0 Å². The SMILES string of the molecule is CSc1cc(C)[nH]c(=O)c1CNC(=O)c1c(C)n([C@H](C)C2CCC(N3CC(OC4CC4)C3)CC2)c2ccccc12. The van der Waals surface area contributed by atoms with Crippen LogP contribution in [-0.2, 0) is 11.3 Å². The van der Waals surface area contributed by atoms with Crippen LogP contribution in [0.25, 0.3) is 10.9 Å². The third kappa shape index (κ3) is 5.38. The van der Waals surface area contributed by atoms with Gasteiger partial charge in [-0.05, 0) is 83.6 Å². The van der Waals surface area contributed by atoms with Crippen LogP contribution >= 0.6 is 11.8 Å². The van der Waals surface area contributed by atoms with Crippen LogP contribution in [0.4, 0.5) is 0 Å². The molecule has 1 saturated heterocycles. The molecule has 1 atom stereocenters. The summed E-state index contributed by atoms with van der Waals surface area (Å²) in [6.45, 7) is 8.68. The minimum Gasteiger partial charge on any atom is -0.372 e. The number of thioether (sulfide) groups is 1. The molecule has 3 aliphatic rings. The maximum absolute atomic E-state index is 13.6. The Kier molecular flexibility index (Phi) is 7.85. The summed E-state index contributed by atoms with van der Waals surface area (Å²) in [5.41, 5.74) is 4.11. The molecule has 7 nitrogen and oxygen atoms in total. The van der Waals surface area contributed by atoms with E-state index in [1.54, 1.807) is 0 Å². The number of benzene rings is 1. The van der Waals surface area contributed by atoms with Gasteiger partial charge in [-0.15, -0.1) is 11.8 Å². The van der Waals surface area contributed by atoms with E-state index in [2.05, 4.69) is 45.7 Å². The Morgan fingerprint density at radius 1 is 1.10 bits per heavy atom. The van der Waals surface area contributed by atoms with Gasteiger partial charge in [-0.1, -0.05) is 18.2 Å². The second-order valence-corrected chi connectivity index (χ2v) is 12.9. The van der Waals surface area contributed by atoms with Gasteiger partial charge in [0.05, 0.1) is 17.8 Å². The molecule has 40 heavy (non-hydrogen) atoms. The zero-order chi connectivity index (χ0) is 28.0. The second-order valence-electron chi connectivity index (χ2n) is 12.1. The summed E-state index contributed by atoms with van der Waals surface area (Å²) in [7, 11) is 0. The lowest BCUT2D eigenvalue weighted by Crippen LogP contribution is -2.57. The quantitative estimate of drug-likeness (QED) is 0.333. The van der Waals surface area contributed by atoms with Crippen LogP contribution in [-0.4, -0.2) is 58.0 Å². The molecule has 0 bridgehead atoms. The van der Waals surface area contributed by atoms with E-state index in [0.717, 1.165) is 40.3 Å². The number of hydrogen-bond acceptors (Lipinski definition) is 5. The number of para-hydroxylation sites is 1. The minimum absolute atomic E-state index is 0.129. The van der Waals surface area contributed by atoms with Crippen molar-refractivity contribution < 1.29 is 9.53 Å². The highest BCUT2D eigenvalue weighted by Gasteiger charge is 2.39. The highest BCUT2D eigenvalue weighted by atomic mass is 32.2. The molecule has 6 rings (SSSR count). The summed E-state index contributed by atoms with van der Waals surface area (Å²) < 4.78 is 8.47. The Morgan fingerprint density at radius 2 is 1.82 bits per heavy atom. The lowest BCUT2D eigenvalue weighted by molar-refractivity contribution is -0.0864. The van der Waals surface area contributed by atoms with Gasteiger partial charge in [0, 0.05) is 64.5 Å². The van der Waals surface area contributed by atoms with Crippen LogP contribution in [0, 0.1) is 19.8 Å². The number of H-pyrrole nitrogens is 1. The van der Waals surface area contributed by atoms with Crippen LogP contribution < -0.4 is 10.9 Å². The van der Waals surface area contributed by atoms with Crippen molar-refractivity contribution >= 4 is 28.6 Å². The molecule has 3 heterocycles. The van der Waals surface area contributed by atoms with Gasteiger partial charge in [0.1, 0.15) is 0 Å². The van der Waals surface area contributed by atoms with Crippen LogP contribution in [0.1, 0.15) is 78.8 Å². The molecule has 0 radical (unpaired) electrons. The average Bonchev–Trinajstić information content (AvgIpc) is 3.70. The molecule has 2 N–H and O–H groups in total. The molecular weight excluding hydrogens is 520 g/mol. The number of amides is 1. The van der Waals surface area contributed by atoms with Gasteiger partial charge in [-0.3, -0.25) is 14.5 Å². The monoisotopic (exact) mass is 562 g/mol. The van der Waals surface area contributed by atoms with Gasteiger partial charge in [-0.25, -0.2) is 0 Å². The van der Waals surface area contributed by atoms with Crippen molar-refractivity contribution in [2.75, 3.05) is 19.3 Å². The first kappa shape index (κ1) is 27.6. The van der Waals surface area contributed by atoms with Gasteiger partial charge >= 0.3 is 0 Å². The fraction of sp³-hybridized carbons (Fsp3) is 0.562. The second kappa shape index (κ2) is 11.4. The number of fused-ring (bicyclic) bond motifs is 1. The van der Waals surface area contributed by atoms with Gasteiger partial charge < -0.3 is 19.6 Å². The topological polar surface area (TPSA) is 79.4 Å². The van der Waals surface area contributed by atoms with Crippen LogP contribution in [0.5, 0.6) is 0 Å². The predicted octanol–water partition coefficient (Wildman–Crippen LogP) is 5.58. The summed E-state index contributed by atoms with van der Waals surface area (Å²) >= 11 is 1.53. The number of hydrogen-bond donors (Lipinski definition) is 2. The van der Waals surface area contributed by atoms with E-state index in [4.69, 9.17) is 4.74 Å². The third-order valence-electron chi connectivity index (χ3n) is 9.39. The molecule has 2 saturated carbocycles. The molecule has 1 amide bonds. The molecule has 214 valence electrons. The lowest BCUT2D eigenvalue weighted by Gasteiger charge is -2.47. The number of nitrogens with one attached hydrogen (secondary N) is 2. The van der Waals surface area contributed by atoms with Crippen LogP contribution in [0.15, 0.2) is 40.0 Å². The molecule has 3 aromatic rings. The van der Waals surface area contributed by atoms with Gasteiger partial charge in [-0.2, -0.15) is 0 Å². The molecule has 3 fully saturated rings. The predicted molar refractivity (Wildman–Crippen MR) is 161 cm³/mol. The zero-order valence-corrected chi connectivity index (χ0v) is 25.0. The van der Waals surface area contributed by atoms with Crippen molar-refractivity contribution in [2.45, 2.75) is 95.0 Å². The van der Waals surface area contributed by atoms with Crippen molar-refractivity contribution in [3.63, 3.8) is 0 Å². The molecule has 2 aliphatic carbocycles. The summed E-state index contributed by atoms with van der Waals surface area (Å²) in [5.74, 6) is 0.452. The number of ether oxygens (including phenoxy) is 1. The zero-order valence-electron chi connectivity index (χ0n) is 24.2. The summed E-state index contributed by atoms with van der Waals surface area (Å²) in [4.78, 5) is 32.7. The van der Waals surface area contributed by atoms with E-state index < -0.39 is 0 Å².